The number of aromatic nitrogens is 1. The Balaban J connectivity index is 1.82. The lowest BCUT2D eigenvalue weighted by Gasteiger charge is -2.35. The quantitative estimate of drug-likeness (QED) is 0.751. The molecule has 9 heteroatoms. The minimum atomic E-state index is -4.73. The number of pyridine rings is 1. The van der Waals surface area contributed by atoms with Crippen LogP contribution in [0.25, 0.3) is 11.1 Å². The first-order chi connectivity index (χ1) is 13.4. The molecule has 1 unspecified atom stereocenters. The van der Waals surface area contributed by atoms with Gasteiger partial charge in [-0.15, -0.1) is 13.2 Å². The van der Waals surface area contributed by atoms with E-state index in [-0.39, 0.29) is 24.3 Å². The van der Waals surface area contributed by atoms with Gasteiger partial charge in [0.1, 0.15) is 12.4 Å². The molecule has 1 aromatic carbocycles. The molecule has 2 aromatic rings. The van der Waals surface area contributed by atoms with Crippen molar-refractivity contribution < 1.29 is 32.2 Å². The van der Waals surface area contributed by atoms with E-state index in [2.05, 4.69) is 9.72 Å². The Bertz CT molecular complexity index is 812. The van der Waals surface area contributed by atoms with Crippen molar-refractivity contribution in [3.63, 3.8) is 0 Å². The van der Waals surface area contributed by atoms with E-state index in [4.69, 9.17) is 9.47 Å². The molecule has 2 heterocycles. The van der Waals surface area contributed by atoms with Crippen molar-refractivity contribution in [1.82, 2.24) is 9.88 Å². The number of methoxy groups -OCH3 is 1. The van der Waals surface area contributed by atoms with Crippen LogP contribution in [0.15, 0.2) is 42.7 Å². The Labute approximate surface area is 159 Å². The van der Waals surface area contributed by atoms with Crippen molar-refractivity contribution in [2.45, 2.75) is 12.4 Å². The molecule has 0 aliphatic carbocycles. The number of carbonyl (C=O) groups excluding carboxylic acids is 1. The van der Waals surface area contributed by atoms with Crippen LogP contribution in [-0.4, -0.2) is 55.6 Å². The van der Waals surface area contributed by atoms with Gasteiger partial charge in [0.05, 0.1) is 19.3 Å². The van der Waals surface area contributed by atoms with Gasteiger partial charge in [-0.3, -0.25) is 9.78 Å². The molecule has 1 aliphatic rings. The first kappa shape index (κ1) is 20.1. The normalized spacial score (nSPS) is 17.6. The summed E-state index contributed by atoms with van der Waals surface area (Å²) in [5, 5.41) is 0. The first-order valence-electron chi connectivity index (χ1n) is 8.54. The van der Waals surface area contributed by atoms with Gasteiger partial charge in [-0.05, 0) is 29.3 Å². The largest absolute Gasteiger partial charge is 0.573 e. The topological polar surface area (TPSA) is 60.9 Å². The lowest BCUT2D eigenvalue weighted by atomic mass is 10.0. The maximum Gasteiger partial charge on any atom is 0.573 e. The molecular formula is C19H19F3N2O4. The Hall–Kier alpha value is -2.65. The highest BCUT2D eigenvalue weighted by Gasteiger charge is 2.31. The molecule has 1 saturated heterocycles. The maximum absolute atomic E-state index is 12.3. The summed E-state index contributed by atoms with van der Waals surface area (Å²) in [6.07, 6.45) is -1.48. The van der Waals surface area contributed by atoms with Crippen molar-refractivity contribution in [2.24, 2.45) is 0 Å². The minimum absolute atomic E-state index is 0.0218. The zero-order valence-electron chi connectivity index (χ0n) is 15.1. The molecule has 1 atom stereocenters. The number of morpholine rings is 1. The van der Waals surface area contributed by atoms with Gasteiger partial charge in [-0.25, -0.2) is 0 Å². The molecule has 3 rings (SSSR count). The second kappa shape index (κ2) is 8.57. The summed E-state index contributed by atoms with van der Waals surface area (Å²) in [6, 6.07) is 7.07. The standard InChI is InChI=1S/C19H19F3N2O4/c1-26-7-6-24-17(11-27-12-18(24)25)15-8-14(9-23-10-15)13-2-4-16(5-3-13)28-19(20,21)22/h2-5,8-10,17H,6-7,11-12H2,1H3. The van der Waals surface area contributed by atoms with Crippen LogP contribution in [0.2, 0.25) is 0 Å². The first-order valence-corrected chi connectivity index (χ1v) is 8.54. The zero-order chi connectivity index (χ0) is 20.1. The van der Waals surface area contributed by atoms with Gasteiger partial charge in [0.25, 0.3) is 0 Å². The third-order valence-electron chi connectivity index (χ3n) is 4.30. The van der Waals surface area contributed by atoms with Gasteiger partial charge in [0, 0.05) is 31.6 Å². The average Bonchev–Trinajstić information content (AvgIpc) is 2.66. The van der Waals surface area contributed by atoms with E-state index < -0.39 is 6.36 Å². The van der Waals surface area contributed by atoms with Gasteiger partial charge in [-0.2, -0.15) is 0 Å². The van der Waals surface area contributed by atoms with Gasteiger partial charge >= 0.3 is 6.36 Å². The summed E-state index contributed by atoms with van der Waals surface area (Å²) >= 11 is 0. The minimum Gasteiger partial charge on any atom is -0.406 e. The number of ether oxygens (including phenoxy) is 3. The lowest BCUT2D eigenvalue weighted by molar-refractivity contribution is -0.274. The summed E-state index contributed by atoms with van der Waals surface area (Å²) in [6.45, 7) is 1.18. The monoisotopic (exact) mass is 396 g/mol. The number of nitrogens with zero attached hydrogens (tertiary/aromatic N) is 2. The second-order valence-electron chi connectivity index (χ2n) is 6.19. The van der Waals surface area contributed by atoms with E-state index >= 15 is 0 Å². The van der Waals surface area contributed by atoms with Crippen LogP contribution >= 0.6 is 0 Å². The molecule has 1 aliphatic heterocycles. The van der Waals surface area contributed by atoms with Crippen LogP contribution < -0.4 is 4.74 Å². The zero-order valence-corrected chi connectivity index (χ0v) is 15.1. The Kier molecular flexibility index (Phi) is 6.15. The van der Waals surface area contributed by atoms with Crippen LogP contribution in [-0.2, 0) is 14.3 Å². The molecule has 0 saturated carbocycles. The fourth-order valence-corrected chi connectivity index (χ4v) is 3.00. The molecule has 28 heavy (non-hydrogen) atoms. The van der Waals surface area contributed by atoms with Crippen molar-refractivity contribution in [1.29, 1.82) is 0 Å². The van der Waals surface area contributed by atoms with E-state index in [0.717, 1.165) is 5.56 Å². The van der Waals surface area contributed by atoms with Crippen LogP contribution in [0.1, 0.15) is 11.6 Å². The van der Waals surface area contributed by atoms with Crippen molar-refractivity contribution >= 4 is 5.91 Å². The fourth-order valence-electron chi connectivity index (χ4n) is 3.00. The van der Waals surface area contributed by atoms with Crippen molar-refractivity contribution in [3.8, 4) is 16.9 Å². The molecule has 1 amide bonds. The Morgan fingerprint density at radius 1 is 1.21 bits per heavy atom. The van der Waals surface area contributed by atoms with E-state index in [9.17, 15) is 18.0 Å². The molecule has 0 spiro atoms. The SMILES string of the molecule is COCCN1C(=O)COCC1c1cncc(-c2ccc(OC(F)(F)F)cc2)c1. The molecule has 0 bridgehead atoms. The maximum atomic E-state index is 12.3. The highest BCUT2D eigenvalue weighted by Crippen LogP contribution is 2.30. The number of amides is 1. The summed E-state index contributed by atoms with van der Waals surface area (Å²) in [4.78, 5) is 18.1. The highest BCUT2D eigenvalue weighted by atomic mass is 19.4. The number of benzene rings is 1. The van der Waals surface area contributed by atoms with Gasteiger partial charge < -0.3 is 19.1 Å². The molecule has 6 nitrogen and oxygen atoms in total. The summed E-state index contributed by atoms with van der Waals surface area (Å²) < 4.78 is 51.2. The van der Waals surface area contributed by atoms with E-state index in [1.54, 1.807) is 24.4 Å². The molecule has 1 fully saturated rings. The number of alkyl halides is 3. The third kappa shape index (κ3) is 4.99. The molecular weight excluding hydrogens is 377 g/mol. The fraction of sp³-hybridized carbons (Fsp3) is 0.368. The number of hydrogen-bond donors (Lipinski definition) is 0. The number of carbonyl (C=O) groups is 1. The predicted octanol–water partition coefficient (Wildman–Crippen LogP) is 3.19. The van der Waals surface area contributed by atoms with E-state index in [1.165, 1.54) is 24.3 Å². The van der Waals surface area contributed by atoms with Gasteiger partial charge in [-0.1, -0.05) is 12.1 Å². The smallest absolute Gasteiger partial charge is 0.406 e. The second-order valence-corrected chi connectivity index (χ2v) is 6.19. The highest BCUT2D eigenvalue weighted by molar-refractivity contribution is 5.78. The Morgan fingerprint density at radius 3 is 2.64 bits per heavy atom. The van der Waals surface area contributed by atoms with Crippen LogP contribution in [0.3, 0.4) is 0 Å². The Morgan fingerprint density at radius 2 is 1.96 bits per heavy atom. The lowest BCUT2D eigenvalue weighted by Crippen LogP contribution is -2.45. The van der Waals surface area contributed by atoms with Gasteiger partial charge in [0.2, 0.25) is 5.91 Å². The third-order valence-corrected chi connectivity index (χ3v) is 4.30. The molecule has 1 aromatic heterocycles. The summed E-state index contributed by atoms with van der Waals surface area (Å²) in [5.41, 5.74) is 2.16. The number of halogens is 3. The van der Waals surface area contributed by atoms with Crippen molar-refractivity contribution in [3.05, 3.63) is 48.3 Å². The van der Waals surface area contributed by atoms with Crippen LogP contribution in [0.5, 0.6) is 5.75 Å². The predicted molar refractivity (Wildman–Crippen MR) is 93.5 cm³/mol. The summed E-state index contributed by atoms with van der Waals surface area (Å²) in [5.74, 6) is -0.426. The van der Waals surface area contributed by atoms with Gasteiger partial charge in [0.15, 0.2) is 0 Å². The van der Waals surface area contributed by atoms with E-state index in [0.29, 0.717) is 30.9 Å². The van der Waals surface area contributed by atoms with Crippen LogP contribution in [0.4, 0.5) is 13.2 Å². The molecule has 0 N–H and O–H groups in total. The van der Waals surface area contributed by atoms with E-state index in [1.807, 2.05) is 6.07 Å². The summed E-state index contributed by atoms with van der Waals surface area (Å²) in [7, 11) is 1.56. The molecule has 150 valence electrons. The average molecular weight is 396 g/mol. The van der Waals surface area contributed by atoms with Crippen molar-refractivity contribution in [2.75, 3.05) is 33.5 Å². The number of rotatable bonds is 6. The molecule has 0 radical (unpaired) electrons. The van der Waals surface area contributed by atoms with Crippen LogP contribution in [0, 0.1) is 0 Å². The number of hydrogen-bond acceptors (Lipinski definition) is 5.